The fourth-order valence-corrected chi connectivity index (χ4v) is 2.45. The average molecular weight is 203 g/mol. The summed E-state index contributed by atoms with van der Waals surface area (Å²) in [7, 11) is 0. The van der Waals surface area contributed by atoms with E-state index in [1.165, 1.54) is 36.9 Å². The first-order chi connectivity index (χ1) is 7.27. The van der Waals surface area contributed by atoms with Gasteiger partial charge in [0.25, 0.3) is 0 Å². The molecule has 0 bridgehead atoms. The Bertz CT molecular complexity index is 311. The van der Waals surface area contributed by atoms with Gasteiger partial charge in [-0.15, -0.1) is 0 Å². The molecule has 1 heteroatoms. The lowest BCUT2D eigenvalue weighted by molar-refractivity contribution is 0.607. The highest BCUT2D eigenvalue weighted by atomic mass is 14.9. The first-order valence-corrected chi connectivity index (χ1v) is 6.08. The Kier molecular flexibility index (Phi) is 3.42. The highest BCUT2D eigenvalue weighted by Crippen LogP contribution is 2.27. The van der Waals surface area contributed by atoms with Crippen LogP contribution >= 0.6 is 0 Å². The second-order valence-electron chi connectivity index (χ2n) is 4.95. The maximum atomic E-state index is 3.59. The molecule has 1 saturated heterocycles. The summed E-state index contributed by atoms with van der Waals surface area (Å²) < 4.78 is 0. The second kappa shape index (κ2) is 4.80. The summed E-state index contributed by atoms with van der Waals surface area (Å²) in [6.07, 6.45) is 3.82. The molecular formula is C14H21N. The lowest BCUT2D eigenvalue weighted by Gasteiger charge is -2.17. The van der Waals surface area contributed by atoms with E-state index in [2.05, 4.69) is 43.4 Å². The van der Waals surface area contributed by atoms with E-state index in [4.69, 9.17) is 0 Å². The van der Waals surface area contributed by atoms with Gasteiger partial charge in [0.15, 0.2) is 0 Å². The second-order valence-corrected chi connectivity index (χ2v) is 4.95. The Labute approximate surface area is 92.9 Å². The van der Waals surface area contributed by atoms with E-state index in [9.17, 15) is 0 Å². The van der Waals surface area contributed by atoms with Crippen molar-refractivity contribution in [1.29, 1.82) is 0 Å². The maximum absolute atomic E-state index is 3.59. The van der Waals surface area contributed by atoms with Crippen LogP contribution in [0.15, 0.2) is 24.3 Å². The van der Waals surface area contributed by atoms with Crippen LogP contribution in [0.2, 0.25) is 0 Å². The van der Waals surface area contributed by atoms with Gasteiger partial charge in [0, 0.05) is 6.04 Å². The van der Waals surface area contributed by atoms with E-state index in [0.29, 0.717) is 6.04 Å². The fraction of sp³-hybridized carbons (Fsp3) is 0.571. The Morgan fingerprint density at radius 3 is 2.80 bits per heavy atom. The van der Waals surface area contributed by atoms with E-state index < -0.39 is 0 Å². The minimum atomic E-state index is 0.611. The Morgan fingerprint density at radius 1 is 1.33 bits per heavy atom. The standard InChI is InChI=1S/C14H21N/c1-11(2)10-12-6-3-4-7-13(12)14-8-5-9-15-14/h3-4,6-7,11,14-15H,5,8-10H2,1-2H3/t14-/m0/s1. The van der Waals surface area contributed by atoms with E-state index in [-0.39, 0.29) is 0 Å². The summed E-state index contributed by atoms with van der Waals surface area (Å²) >= 11 is 0. The third-order valence-corrected chi connectivity index (χ3v) is 3.12. The van der Waals surface area contributed by atoms with Crippen molar-refractivity contribution in [3.63, 3.8) is 0 Å². The van der Waals surface area contributed by atoms with Gasteiger partial charge in [0.1, 0.15) is 0 Å². The van der Waals surface area contributed by atoms with Crippen LogP contribution in [0.25, 0.3) is 0 Å². The smallest absolute Gasteiger partial charge is 0.0323 e. The Hall–Kier alpha value is -0.820. The van der Waals surface area contributed by atoms with Crippen molar-refractivity contribution in [2.45, 2.75) is 39.2 Å². The fourth-order valence-electron chi connectivity index (χ4n) is 2.45. The van der Waals surface area contributed by atoms with E-state index in [1.807, 2.05) is 0 Å². The number of rotatable bonds is 3. The van der Waals surface area contributed by atoms with Gasteiger partial charge < -0.3 is 5.32 Å². The highest BCUT2D eigenvalue weighted by Gasteiger charge is 2.18. The van der Waals surface area contributed by atoms with Crippen molar-refractivity contribution in [2.75, 3.05) is 6.54 Å². The quantitative estimate of drug-likeness (QED) is 0.794. The van der Waals surface area contributed by atoms with Crippen LogP contribution in [0.4, 0.5) is 0 Å². The molecule has 0 amide bonds. The van der Waals surface area contributed by atoms with Gasteiger partial charge in [-0.05, 0) is 42.9 Å². The molecule has 0 aromatic heterocycles. The molecule has 1 aliphatic heterocycles. The normalized spacial score (nSPS) is 21.1. The zero-order valence-corrected chi connectivity index (χ0v) is 9.79. The molecule has 1 atom stereocenters. The summed E-state index contributed by atoms with van der Waals surface area (Å²) in [6, 6.07) is 9.52. The predicted molar refractivity (Wildman–Crippen MR) is 65.0 cm³/mol. The summed E-state index contributed by atoms with van der Waals surface area (Å²) in [6.45, 7) is 5.76. The summed E-state index contributed by atoms with van der Waals surface area (Å²) in [5.41, 5.74) is 3.07. The molecule has 1 N–H and O–H groups in total. The van der Waals surface area contributed by atoms with Crippen molar-refractivity contribution in [3.8, 4) is 0 Å². The lowest BCUT2D eigenvalue weighted by Crippen LogP contribution is -2.15. The van der Waals surface area contributed by atoms with Crippen LogP contribution in [0, 0.1) is 5.92 Å². The number of hydrogen-bond acceptors (Lipinski definition) is 1. The minimum Gasteiger partial charge on any atom is -0.310 e. The van der Waals surface area contributed by atoms with E-state index in [0.717, 1.165) is 5.92 Å². The first kappa shape index (κ1) is 10.7. The van der Waals surface area contributed by atoms with Crippen LogP contribution in [0.5, 0.6) is 0 Å². The third-order valence-electron chi connectivity index (χ3n) is 3.12. The van der Waals surface area contributed by atoms with Gasteiger partial charge in [0.2, 0.25) is 0 Å². The molecule has 0 saturated carbocycles. The van der Waals surface area contributed by atoms with Crippen LogP contribution in [-0.4, -0.2) is 6.54 Å². The molecule has 1 fully saturated rings. The molecule has 1 aromatic carbocycles. The number of hydrogen-bond donors (Lipinski definition) is 1. The molecule has 1 aromatic rings. The molecule has 0 aliphatic carbocycles. The van der Waals surface area contributed by atoms with E-state index >= 15 is 0 Å². The highest BCUT2D eigenvalue weighted by molar-refractivity contribution is 5.31. The predicted octanol–water partition coefficient (Wildman–Crippen LogP) is 3.31. The topological polar surface area (TPSA) is 12.0 Å². The molecule has 1 aliphatic rings. The molecule has 15 heavy (non-hydrogen) atoms. The molecule has 1 heterocycles. The van der Waals surface area contributed by atoms with Crippen LogP contribution < -0.4 is 5.32 Å². The Balaban J connectivity index is 2.20. The van der Waals surface area contributed by atoms with Crippen molar-refractivity contribution < 1.29 is 0 Å². The van der Waals surface area contributed by atoms with E-state index in [1.54, 1.807) is 0 Å². The van der Waals surface area contributed by atoms with Crippen molar-refractivity contribution in [2.24, 2.45) is 5.92 Å². The van der Waals surface area contributed by atoms with Crippen LogP contribution in [0.1, 0.15) is 43.9 Å². The summed E-state index contributed by atoms with van der Waals surface area (Å²) in [4.78, 5) is 0. The largest absolute Gasteiger partial charge is 0.310 e. The molecular weight excluding hydrogens is 182 g/mol. The van der Waals surface area contributed by atoms with Gasteiger partial charge in [-0.2, -0.15) is 0 Å². The molecule has 82 valence electrons. The Morgan fingerprint density at radius 2 is 2.13 bits per heavy atom. The zero-order valence-electron chi connectivity index (χ0n) is 9.79. The van der Waals surface area contributed by atoms with Crippen molar-refractivity contribution in [3.05, 3.63) is 35.4 Å². The van der Waals surface area contributed by atoms with Crippen molar-refractivity contribution >= 4 is 0 Å². The monoisotopic (exact) mass is 203 g/mol. The van der Waals surface area contributed by atoms with Gasteiger partial charge in [0.05, 0.1) is 0 Å². The third kappa shape index (κ3) is 2.60. The zero-order chi connectivity index (χ0) is 10.7. The molecule has 2 rings (SSSR count). The molecule has 0 spiro atoms. The van der Waals surface area contributed by atoms with Gasteiger partial charge >= 0.3 is 0 Å². The van der Waals surface area contributed by atoms with Crippen LogP contribution in [0.3, 0.4) is 0 Å². The maximum Gasteiger partial charge on any atom is 0.0323 e. The van der Waals surface area contributed by atoms with Gasteiger partial charge in [-0.1, -0.05) is 38.1 Å². The van der Waals surface area contributed by atoms with Gasteiger partial charge in [-0.3, -0.25) is 0 Å². The number of benzene rings is 1. The SMILES string of the molecule is CC(C)Cc1ccccc1[C@@H]1CCCN1. The lowest BCUT2D eigenvalue weighted by atomic mass is 9.93. The summed E-state index contributed by atoms with van der Waals surface area (Å²) in [5, 5.41) is 3.59. The van der Waals surface area contributed by atoms with Crippen LogP contribution in [-0.2, 0) is 6.42 Å². The molecule has 0 radical (unpaired) electrons. The first-order valence-electron chi connectivity index (χ1n) is 6.08. The minimum absolute atomic E-state index is 0.611. The average Bonchev–Trinajstić information content (AvgIpc) is 2.70. The van der Waals surface area contributed by atoms with Gasteiger partial charge in [-0.25, -0.2) is 0 Å². The molecule has 1 nitrogen and oxygen atoms in total. The van der Waals surface area contributed by atoms with Crippen molar-refractivity contribution in [1.82, 2.24) is 5.32 Å². The molecule has 0 unspecified atom stereocenters. The summed E-state index contributed by atoms with van der Waals surface area (Å²) in [5.74, 6) is 0.743. The number of nitrogens with one attached hydrogen (secondary N) is 1.